The Balaban J connectivity index is 2.05. The SMILES string of the molecule is O=C1CCC2(CN1)CC2(F)F. The first kappa shape index (κ1) is 7.00. The third-order valence-electron chi connectivity index (χ3n) is 2.67. The van der Waals surface area contributed by atoms with Gasteiger partial charge in [-0.25, -0.2) is 8.78 Å². The van der Waals surface area contributed by atoms with Crippen LogP contribution >= 0.6 is 0 Å². The number of carbonyl (C=O) groups excluding carboxylic acids is 1. The maximum Gasteiger partial charge on any atom is 0.256 e. The molecule has 1 saturated heterocycles. The molecule has 2 aliphatic rings. The van der Waals surface area contributed by atoms with Gasteiger partial charge in [0.15, 0.2) is 0 Å². The van der Waals surface area contributed by atoms with Crippen LogP contribution in [0.1, 0.15) is 19.3 Å². The Kier molecular flexibility index (Phi) is 1.10. The van der Waals surface area contributed by atoms with E-state index < -0.39 is 11.3 Å². The highest BCUT2D eigenvalue weighted by Gasteiger charge is 2.71. The molecule has 1 aliphatic heterocycles. The van der Waals surface area contributed by atoms with Crippen LogP contribution in [0.15, 0.2) is 0 Å². The lowest BCUT2D eigenvalue weighted by atomic mass is 9.95. The van der Waals surface area contributed by atoms with Gasteiger partial charge in [0.2, 0.25) is 5.91 Å². The van der Waals surface area contributed by atoms with E-state index in [1.807, 2.05) is 0 Å². The van der Waals surface area contributed by atoms with Crippen LogP contribution in [0.3, 0.4) is 0 Å². The molecule has 2 fully saturated rings. The minimum atomic E-state index is -2.51. The predicted molar refractivity (Wildman–Crippen MR) is 34.2 cm³/mol. The van der Waals surface area contributed by atoms with Crippen molar-refractivity contribution in [2.75, 3.05) is 6.54 Å². The number of piperidine rings is 1. The number of hydrogen-bond acceptors (Lipinski definition) is 1. The molecule has 1 amide bonds. The highest BCUT2D eigenvalue weighted by atomic mass is 19.3. The fraction of sp³-hybridized carbons (Fsp3) is 0.857. The average molecular weight is 161 g/mol. The zero-order valence-corrected chi connectivity index (χ0v) is 5.99. The molecule has 11 heavy (non-hydrogen) atoms. The molecule has 1 saturated carbocycles. The first-order valence-corrected chi connectivity index (χ1v) is 3.70. The van der Waals surface area contributed by atoms with Crippen molar-refractivity contribution in [2.45, 2.75) is 25.2 Å². The summed E-state index contributed by atoms with van der Waals surface area (Å²) in [7, 11) is 0. The molecule has 0 aromatic carbocycles. The molecule has 62 valence electrons. The highest BCUT2D eigenvalue weighted by molar-refractivity contribution is 5.77. The lowest BCUT2D eigenvalue weighted by Gasteiger charge is -2.21. The summed E-state index contributed by atoms with van der Waals surface area (Å²) in [6.07, 6.45) is 0.571. The summed E-state index contributed by atoms with van der Waals surface area (Å²) >= 11 is 0. The molecule has 2 nitrogen and oxygen atoms in total. The third-order valence-corrected chi connectivity index (χ3v) is 2.67. The summed E-state index contributed by atoms with van der Waals surface area (Å²) in [6, 6.07) is 0. The molecule has 1 aliphatic carbocycles. The smallest absolute Gasteiger partial charge is 0.256 e. The van der Waals surface area contributed by atoms with E-state index in [-0.39, 0.29) is 25.3 Å². The Bertz CT molecular complexity index is 204. The van der Waals surface area contributed by atoms with E-state index in [9.17, 15) is 13.6 Å². The van der Waals surface area contributed by atoms with E-state index in [0.29, 0.717) is 6.42 Å². The summed E-state index contributed by atoms with van der Waals surface area (Å²) in [4.78, 5) is 10.6. The van der Waals surface area contributed by atoms with Crippen molar-refractivity contribution in [1.29, 1.82) is 0 Å². The van der Waals surface area contributed by atoms with Crippen molar-refractivity contribution in [3.8, 4) is 0 Å². The average Bonchev–Trinajstić information content (AvgIpc) is 2.44. The quantitative estimate of drug-likeness (QED) is 0.562. The maximum absolute atomic E-state index is 12.6. The lowest BCUT2D eigenvalue weighted by Crippen LogP contribution is -2.38. The molecule has 1 unspecified atom stereocenters. The van der Waals surface area contributed by atoms with Crippen molar-refractivity contribution in [3.05, 3.63) is 0 Å². The molecule has 0 aromatic rings. The first-order valence-electron chi connectivity index (χ1n) is 3.70. The van der Waals surface area contributed by atoms with Gasteiger partial charge in [0.25, 0.3) is 5.92 Å². The summed E-state index contributed by atoms with van der Waals surface area (Å²) in [6.45, 7) is 0.166. The van der Waals surface area contributed by atoms with Crippen molar-refractivity contribution >= 4 is 5.91 Å². The molecule has 0 bridgehead atoms. The number of rotatable bonds is 0. The zero-order chi connectivity index (χ0) is 8.11. The Morgan fingerprint density at radius 3 is 2.45 bits per heavy atom. The van der Waals surface area contributed by atoms with Gasteiger partial charge < -0.3 is 5.32 Å². The van der Waals surface area contributed by atoms with Crippen molar-refractivity contribution in [3.63, 3.8) is 0 Å². The molecule has 2 rings (SSSR count). The van der Waals surface area contributed by atoms with E-state index in [2.05, 4.69) is 5.32 Å². The summed E-state index contributed by atoms with van der Waals surface area (Å²) in [5, 5.41) is 2.47. The summed E-state index contributed by atoms with van der Waals surface area (Å²) in [5.41, 5.74) is -0.860. The predicted octanol–water partition coefficient (Wildman–Crippen LogP) is 0.922. The Labute approximate surface area is 63.0 Å². The lowest BCUT2D eigenvalue weighted by molar-refractivity contribution is -0.124. The van der Waals surface area contributed by atoms with E-state index in [0.717, 1.165) is 0 Å². The summed E-state index contributed by atoms with van der Waals surface area (Å²) < 4.78 is 25.3. The molecule has 0 radical (unpaired) electrons. The van der Waals surface area contributed by atoms with Crippen LogP contribution in [0.5, 0.6) is 0 Å². The van der Waals surface area contributed by atoms with Crippen molar-refractivity contribution < 1.29 is 13.6 Å². The standard InChI is InChI=1S/C7H9F2NO/c8-7(9)3-6(7)2-1-5(11)10-4-6/h1-4H2,(H,10,11). The molecular formula is C7H9F2NO. The van der Waals surface area contributed by atoms with E-state index in [1.165, 1.54) is 0 Å². The second-order valence-electron chi connectivity index (χ2n) is 3.44. The molecule has 0 aromatic heterocycles. The number of hydrogen-bond donors (Lipinski definition) is 1. The van der Waals surface area contributed by atoms with E-state index in [1.54, 1.807) is 0 Å². The van der Waals surface area contributed by atoms with E-state index in [4.69, 9.17) is 0 Å². The fourth-order valence-corrected chi connectivity index (χ4v) is 1.64. The zero-order valence-electron chi connectivity index (χ0n) is 5.99. The van der Waals surface area contributed by atoms with Gasteiger partial charge in [-0.3, -0.25) is 4.79 Å². The number of halogens is 2. The molecule has 1 atom stereocenters. The van der Waals surface area contributed by atoms with Crippen LogP contribution < -0.4 is 5.32 Å². The largest absolute Gasteiger partial charge is 0.355 e. The summed E-state index contributed by atoms with van der Waals surface area (Å²) in [5.74, 6) is -2.61. The van der Waals surface area contributed by atoms with Gasteiger partial charge in [0, 0.05) is 19.4 Å². The number of alkyl halides is 2. The second-order valence-corrected chi connectivity index (χ2v) is 3.44. The minimum Gasteiger partial charge on any atom is -0.355 e. The monoisotopic (exact) mass is 161 g/mol. The minimum absolute atomic E-state index is 0.0414. The van der Waals surface area contributed by atoms with Gasteiger partial charge in [0.1, 0.15) is 0 Å². The highest BCUT2D eigenvalue weighted by Crippen LogP contribution is 2.63. The Hall–Kier alpha value is -0.670. The van der Waals surface area contributed by atoms with Crippen molar-refractivity contribution in [1.82, 2.24) is 5.32 Å². The van der Waals surface area contributed by atoms with Gasteiger partial charge in [-0.2, -0.15) is 0 Å². The van der Waals surface area contributed by atoms with Crippen molar-refractivity contribution in [2.24, 2.45) is 5.41 Å². The van der Waals surface area contributed by atoms with Gasteiger partial charge in [-0.05, 0) is 6.42 Å². The van der Waals surface area contributed by atoms with Crippen LogP contribution in [0.4, 0.5) is 8.78 Å². The van der Waals surface area contributed by atoms with Gasteiger partial charge >= 0.3 is 0 Å². The topological polar surface area (TPSA) is 29.1 Å². The van der Waals surface area contributed by atoms with E-state index >= 15 is 0 Å². The number of carbonyl (C=O) groups is 1. The molecule has 4 heteroatoms. The van der Waals surface area contributed by atoms with Gasteiger partial charge in [-0.15, -0.1) is 0 Å². The van der Waals surface area contributed by atoms with Gasteiger partial charge in [-0.1, -0.05) is 0 Å². The fourth-order valence-electron chi connectivity index (χ4n) is 1.64. The molecular weight excluding hydrogens is 152 g/mol. The molecule has 1 spiro atoms. The van der Waals surface area contributed by atoms with Crippen LogP contribution in [0, 0.1) is 5.41 Å². The maximum atomic E-state index is 12.6. The first-order chi connectivity index (χ1) is 5.06. The number of amides is 1. The van der Waals surface area contributed by atoms with Crippen LogP contribution in [0.25, 0.3) is 0 Å². The Morgan fingerprint density at radius 1 is 1.45 bits per heavy atom. The molecule has 1 heterocycles. The van der Waals surface area contributed by atoms with Crippen LogP contribution in [-0.4, -0.2) is 18.4 Å². The molecule has 1 N–H and O–H groups in total. The van der Waals surface area contributed by atoms with Gasteiger partial charge in [0.05, 0.1) is 5.41 Å². The second kappa shape index (κ2) is 1.73. The third kappa shape index (κ3) is 0.847. The number of nitrogens with one attached hydrogen (secondary N) is 1. The normalized spacial score (nSPS) is 40.4. The van der Waals surface area contributed by atoms with Crippen LogP contribution in [0.2, 0.25) is 0 Å². The van der Waals surface area contributed by atoms with Crippen LogP contribution in [-0.2, 0) is 4.79 Å². The Morgan fingerprint density at radius 2 is 2.09 bits per heavy atom.